The summed E-state index contributed by atoms with van der Waals surface area (Å²) in [4.78, 5) is 19.0. The van der Waals surface area contributed by atoms with E-state index in [2.05, 4.69) is 9.74 Å². The highest BCUT2D eigenvalue weighted by atomic mass is 16.4. The average Bonchev–Trinajstić information content (AvgIpc) is 2.73. The number of rotatable bonds is 7. The molecule has 0 bridgehead atoms. The Labute approximate surface area is 178 Å². The molecule has 3 rings (SSSR count). The van der Waals surface area contributed by atoms with Crippen molar-refractivity contribution >= 4 is 17.3 Å². The number of piperidine rings is 1. The first-order valence-corrected chi connectivity index (χ1v) is 10.3. The van der Waals surface area contributed by atoms with Crippen LogP contribution in [-0.4, -0.2) is 59.9 Å². The lowest BCUT2D eigenvalue weighted by Gasteiger charge is -2.41. The van der Waals surface area contributed by atoms with Gasteiger partial charge in [0.1, 0.15) is 0 Å². The molecule has 0 unspecified atom stereocenters. The first kappa shape index (κ1) is 21.8. The summed E-state index contributed by atoms with van der Waals surface area (Å²) in [7, 11) is 1.94. The Kier molecular flexibility index (Phi) is 6.76. The summed E-state index contributed by atoms with van der Waals surface area (Å²) in [5.74, 6) is -0.930. The number of carbonyl (C=O) groups is 1. The van der Waals surface area contributed by atoms with Crippen LogP contribution in [0.15, 0.2) is 42.5 Å². The number of carboxylic acid groups (broad SMARTS) is 1. The number of aliphatic hydroxyl groups is 1. The van der Waals surface area contributed by atoms with Crippen LogP contribution in [0.3, 0.4) is 0 Å². The van der Waals surface area contributed by atoms with Crippen molar-refractivity contribution in [3.8, 4) is 0 Å². The molecule has 30 heavy (non-hydrogen) atoms. The van der Waals surface area contributed by atoms with Crippen LogP contribution in [0.25, 0.3) is 4.85 Å². The summed E-state index contributed by atoms with van der Waals surface area (Å²) in [6.45, 7) is 12.1. The van der Waals surface area contributed by atoms with Gasteiger partial charge in [-0.3, -0.25) is 0 Å². The monoisotopic (exact) mass is 407 g/mol. The minimum Gasteiger partial charge on any atom is -0.478 e. The van der Waals surface area contributed by atoms with E-state index in [9.17, 15) is 9.90 Å². The Hall–Kier alpha value is -2.88. The summed E-state index contributed by atoms with van der Waals surface area (Å²) in [6.07, 6.45) is 2.35. The zero-order valence-electron chi connectivity index (χ0n) is 17.6. The van der Waals surface area contributed by atoms with E-state index in [1.54, 1.807) is 12.1 Å². The maximum Gasteiger partial charge on any atom is 0.335 e. The Bertz CT molecular complexity index is 926. The maximum atomic E-state index is 11.1. The van der Waals surface area contributed by atoms with Crippen LogP contribution in [-0.2, 0) is 6.42 Å². The van der Waals surface area contributed by atoms with Gasteiger partial charge in [-0.1, -0.05) is 24.3 Å². The highest BCUT2D eigenvalue weighted by Gasteiger charge is 2.33. The number of likely N-dealkylation sites (N-methyl/N-ethyl adjacent to an activating group) is 1. The molecule has 2 N–H and O–H groups in total. The smallest absolute Gasteiger partial charge is 0.335 e. The predicted octanol–water partition coefficient (Wildman–Crippen LogP) is 3.75. The molecule has 6 heteroatoms. The summed E-state index contributed by atoms with van der Waals surface area (Å²) in [5, 5.41) is 20.2. The van der Waals surface area contributed by atoms with E-state index in [0.29, 0.717) is 25.1 Å². The third-order valence-corrected chi connectivity index (χ3v) is 5.96. The lowest BCUT2D eigenvalue weighted by molar-refractivity contribution is -0.0137. The summed E-state index contributed by atoms with van der Waals surface area (Å²) >= 11 is 0. The molecule has 1 heterocycles. The third kappa shape index (κ3) is 5.38. The van der Waals surface area contributed by atoms with E-state index < -0.39 is 11.6 Å². The largest absolute Gasteiger partial charge is 0.478 e. The van der Waals surface area contributed by atoms with Gasteiger partial charge >= 0.3 is 5.97 Å². The van der Waals surface area contributed by atoms with Crippen LogP contribution in [0.5, 0.6) is 0 Å². The van der Waals surface area contributed by atoms with Crippen LogP contribution in [0.2, 0.25) is 0 Å². The molecule has 6 nitrogen and oxygen atoms in total. The minimum atomic E-state index is -0.930. The molecule has 2 aromatic rings. The van der Waals surface area contributed by atoms with E-state index in [4.69, 9.17) is 11.7 Å². The lowest BCUT2D eigenvalue weighted by atomic mass is 9.90. The second kappa shape index (κ2) is 9.29. The molecule has 0 aliphatic carbocycles. The summed E-state index contributed by atoms with van der Waals surface area (Å²) < 4.78 is 0. The summed E-state index contributed by atoms with van der Waals surface area (Å²) in [5.41, 5.74) is 3.25. The van der Waals surface area contributed by atoms with Crippen molar-refractivity contribution in [3.63, 3.8) is 0 Å². The Morgan fingerprint density at radius 1 is 1.20 bits per heavy atom. The van der Waals surface area contributed by atoms with Crippen LogP contribution in [0.4, 0.5) is 11.4 Å². The zero-order chi connectivity index (χ0) is 21.7. The molecule has 1 fully saturated rings. The number of aromatic carboxylic acids is 1. The van der Waals surface area contributed by atoms with Crippen molar-refractivity contribution in [2.45, 2.75) is 31.8 Å². The highest BCUT2D eigenvalue weighted by Crippen LogP contribution is 2.27. The molecule has 1 aliphatic heterocycles. The fourth-order valence-corrected chi connectivity index (χ4v) is 4.12. The van der Waals surface area contributed by atoms with Gasteiger partial charge in [0, 0.05) is 38.9 Å². The van der Waals surface area contributed by atoms with E-state index in [-0.39, 0.29) is 5.56 Å². The number of carboxylic acids is 1. The van der Waals surface area contributed by atoms with E-state index >= 15 is 0 Å². The third-order valence-electron chi connectivity index (χ3n) is 5.96. The molecular weight excluding hydrogens is 378 g/mol. The first-order valence-electron chi connectivity index (χ1n) is 10.3. The number of benzene rings is 2. The number of likely N-dealkylation sites (tertiary alicyclic amines) is 1. The fraction of sp³-hybridized carbons (Fsp3) is 0.417. The average molecular weight is 408 g/mol. The van der Waals surface area contributed by atoms with E-state index in [1.807, 2.05) is 49.2 Å². The van der Waals surface area contributed by atoms with Crippen molar-refractivity contribution in [1.82, 2.24) is 4.90 Å². The van der Waals surface area contributed by atoms with Crippen LogP contribution in [0, 0.1) is 13.5 Å². The number of nitrogens with zero attached hydrogens (tertiary/aromatic N) is 3. The van der Waals surface area contributed by atoms with Gasteiger partial charge in [-0.15, -0.1) is 0 Å². The molecule has 0 saturated carbocycles. The van der Waals surface area contributed by atoms with Crippen molar-refractivity contribution in [1.29, 1.82) is 0 Å². The minimum absolute atomic E-state index is 0.278. The SMILES string of the molecule is [C-]#[N+]c1ccc(CCN2CCC(O)(CN(C)c3ccc(C(=O)O)cc3C)CC2)cc1. The Balaban J connectivity index is 1.51. The molecule has 1 aliphatic rings. The van der Waals surface area contributed by atoms with Crippen LogP contribution >= 0.6 is 0 Å². The van der Waals surface area contributed by atoms with Gasteiger partial charge in [-0.2, -0.15) is 0 Å². The van der Waals surface area contributed by atoms with Gasteiger partial charge < -0.3 is 20.0 Å². The normalized spacial score (nSPS) is 16.1. The van der Waals surface area contributed by atoms with E-state index in [1.165, 1.54) is 5.56 Å². The van der Waals surface area contributed by atoms with Gasteiger partial charge in [0.25, 0.3) is 0 Å². The molecule has 0 amide bonds. The van der Waals surface area contributed by atoms with Crippen LogP contribution < -0.4 is 4.90 Å². The Morgan fingerprint density at radius 3 is 2.43 bits per heavy atom. The van der Waals surface area contributed by atoms with Gasteiger partial charge in [0.2, 0.25) is 0 Å². The summed E-state index contributed by atoms with van der Waals surface area (Å²) in [6, 6.07) is 12.8. The number of hydrogen-bond donors (Lipinski definition) is 2. The zero-order valence-corrected chi connectivity index (χ0v) is 17.6. The van der Waals surface area contributed by atoms with Crippen LogP contribution in [0.1, 0.15) is 34.3 Å². The molecule has 0 spiro atoms. The fourth-order valence-electron chi connectivity index (χ4n) is 4.12. The Morgan fingerprint density at radius 2 is 1.87 bits per heavy atom. The van der Waals surface area contributed by atoms with Crippen molar-refractivity contribution in [2.24, 2.45) is 0 Å². The van der Waals surface area contributed by atoms with Gasteiger partial charge in [0.15, 0.2) is 5.69 Å². The van der Waals surface area contributed by atoms with Crippen molar-refractivity contribution < 1.29 is 15.0 Å². The van der Waals surface area contributed by atoms with Gasteiger partial charge in [0.05, 0.1) is 17.7 Å². The molecule has 158 valence electrons. The number of hydrogen-bond acceptors (Lipinski definition) is 4. The molecular formula is C24H29N3O3. The standard InChI is InChI=1S/C24H29N3O3/c1-18-16-20(23(28)29)6-9-22(18)26(3)17-24(30)11-14-27(15-12-24)13-10-19-4-7-21(25-2)8-5-19/h4-9,16,30H,10-15,17H2,1,3H3,(H,28,29). The molecule has 0 aromatic heterocycles. The quantitative estimate of drug-likeness (QED) is 0.684. The first-order chi connectivity index (χ1) is 14.3. The highest BCUT2D eigenvalue weighted by molar-refractivity contribution is 5.88. The van der Waals surface area contributed by atoms with Crippen molar-refractivity contribution in [3.05, 3.63) is 70.6 Å². The van der Waals surface area contributed by atoms with Gasteiger partial charge in [-0.05, 0) is 55.5 Å². The van der Waals surface area contributed by atoms with E-state index in [0.717, 1.165) is 37.3 Å². The molecule has 2 aromatic carbocycles. The second-order valence-corrected chi connectivity index (χ2v) is 8.26. The molecule has 0 radical (unpaired) electrons. The molecule has 1 saturated heterocycles. The number of anilines is 1. The van der Waals surface area contributed by atoms with Crippen molar-refractivity contribution in [2.75, 3.05) is 38.1 Å². The second-order valence-electron chi connectivity index (χ2n) is 8.26. The maximum absolute atomic E-state index is 11.1. The van der Waals surface area contributed by atoms with Gasteiger partial charge in [-0.25, -0.2) is 9.64 Å². The molecule has 0 atom stereocenters. The predicted molar refractivity (Wildman–Crippen MR) is 118 cm³/mol. The lowest BCUT2D eigenvalue weighted by Crippen LogP contribution is -2.50. The topological polar surface area (TPSA) is 68.4 Å². The number of aryl methyl sites for hydroxylation is 1.